The number of carbonyl (C=O) groups is 1. The van der Waals surface area contributed by atoms with Crippen LogP contribution in [0.5, 0.6) is 0 Å². The number of benzene rings is 1. The van der Waals surface area contributed by atoms with Crippen molar-refractivity contribution in [1.29, 1.82) is 0 Å². The van der Waals surface area contributed by atoms with E-state index in [1.807, 2.05) is 36.1 Å². The Morgan fingerprint density at radius 3 is 2.52 bits per heavy atom. The summed E-state index contributed by atoms with van der Waals surface area (Å²) in [6.45, 7) is 7.83. The van der Waals surface area contributed by atoms with Crippen LogP contribution in [0.4, 0.5) is 11.5 Å². The molecule has 0 aliphatic carbocycles. The summed E-state index contributed by atoms with van der Waals surface area (Å²) in [5.74, 6) is 0.819. The number of nitrogens with zero attached hydrogens (tertiary/aromatic N) is 3. The standard InChI is InChI=1S/C22H30N4O3/c1-5-26-19(13-20(27)24(4)22(26)29)25-12-6-7-17(14-25)21(28)23-18-10-8-16(9-11-18)15(2)3/h8-11,13,15,17H,5-7,12,14H2,1-4H3,(H,23,28). The predicted octanol–water partition coefficient (Wildman–Crippen LogP) is 2.55. The molecule has 7 nitrogen and oxygen atoms in total. The summed E-state index contributed by atoms with van der Waals surface area (Å²) in [5, 5.41) is 3.01. The van der Waals surface area contributed by atoms with E-state index in [-0.39, 0.29) is 23.1 Å². The van der Waals surface area contributed by atoms with Crippen molar-refractivity contribution in [2.45, 2.75) is 46.1 Å². The molecule has 1 unspecified atom stereocenters. The van der Waals surface area contributed by atoms with E-state index in [4.69, 9.17) is 0 Å². The molecule has 3 rings (SSSR count). The van der Waals surface area contributed by atoms with Crippen LogP contribution in [0.1, 0.15) is 45.1 Å². The molecule has 1 N–H and O–H groups in total. The van der Waals surface area contributed by atoms with E-state index in [2.05, 4.69) is 19.2 Å². The molecule has 1 atom stereocenters. The average molecular weight is 399 g/mol. The van der Waals surface area contributed by atoms with Gasteiger partial charge in [0.05, 0.1) is 5.92 Å². The Labute approximate surface area is 171 Å². The van der Waals surface area contributed by atoms with Gasteiger partial charge in [-0.1, -0.05) is 26.0 Å². The van der Waals surface area contributed by atoms with Crippen LogP contribution in [-0.4, -0.2) is 28.1 Å². The first-order valence-electron chi connectivity index (χ1n) is 10.3. The lowest BCUT2D eigenvalue weighted by Crippen LogP contribution is -2.46. The van der Waals surface area contributed by atoms with Gasteiger partial charge in [-0.25, -0.2) is 4.79 Å². The van der Waals surface area contributed by atoms with Crippen molar-refractivity contribution in [3.8, 4) is 0 Å². The summed E-state index contributed by atoms with van der Waals surface area (Å²) in [6, 6.07) is 9.43. The lowest BCUT2D eigenvalue weighted by Gasteiger charge is -2.34. The number of nitrogens with one attached hydrogen (secondary N) is 1. The summed E-state index contributed by atoms with van der Waals surface area (Å²) in [6.07, 6.45) is 1.62. The Balaban J connectivity index is 1.76. The molecule has 1 amide bonds. The minimum absolute atomic E-state index is 0.0266. The van der Waals surface area contributed by atoms with Crippen LogP contribution < -0.4 is 21.5 Å². The summed E-state index contributed by atoms with van der Waals surface area (Å²) in [4.78, 5) is 39.4. The Morgan fingerprint density at radius 1 is 1.21 bits per heavy atom. The zero-order chi connectivity index (χ0) is 21.1. The monoisotopic (exact) mass is 398 g/mol. The molecule has 156 valence electrons. The molecule has 1 fully saturated rings. The van der Waals surface area contributed by atoms with Gasteiger partial charge in [0.1, 0.15) is 5.82 Å². The Hall–Kier alpha value is -2.83. The van der Waals surface area contributed by atoms with Crippen LogP contribution in [0, 0.1) is 5.92 Å². The van der Waals surface area contributed by atoms with Gasteiger partial charge in [-0.3, -0.25) is 18.7 Å². The lowest BCUT2D eigenvalue weighted by molar-refractivity contribution is -0.120. The number of carbonyl (C=O) groups excluding carboxylic acids is 1. The van der Waals surface area contributed by atoms with Crippen molar-refractivity contribution < 1.29 is 4.79 Å². The highest BCUT2D eigenvalue weighted by atomic mass is 16.2. The normalized spacial score (nSPS) is 16.9. The fourth-order valence-electron chi connectivity index (χ4n) is 3.81. The highest BCUT2D eigenvalue weighted by molar-refractivity contribution is 5.93. The first kappa shape index (κ1) is 20.9. The van der Waals surface area contributed by atoms with Crippen LogP contribution in [0.15, 0.2) is 39.9 Å². The Morgan fingerprint density at radius 2 is 1.90 bits per heavy atom. The van der Waals surface area contributed by atoms with E-state index < -0.39 is 0 Å². The van der Waals surface area contributed by atoms with E-state index in [1.165, 1.54) is 18.7 Å². The highest BCUT2D eigenvalue weighted by Gasteiger charge is 2.28. The number of aromatic nitrogens is 2. The second-order valence-electron chi connectivity index (χ2n) is 7.98. The summed E-state index contributed by atoms with van der Waals surface area (Å²) < 4.78 is 2.70. The molecule has 1 saturated heterocycles. The Kier molecular flexibility index (Phi) is 6.25. The van der Waals surface area contributed by atoms with Gasteiger partial charge in [0.2, 0.25) is 5.91 Å². The molecule has 0 radical (unpaired) electrons. The number of hydrogen-bond donors (Lipinski definition) is 1. The molecule has 1 aromatic heterocycles. The van der Waals surface area contributed by atoms with Crippen molar-refractivity contribution in [2.75, 3.05) is 23.3 Å². The molecule has 1 aliphatic heterocycles. The second kappa shape index (κ2) is 8.68. The van der Waals surface area contributed by atoms with Gasteiger partial charge in [0, 0.05) is 38.4 Å². The molecule has 2 aromatic rings. The lowest BCUT2D eigenvalue weighted by atomic mass is 9.96. The fraction of sp³-hybridized carbons (Fsp3) is 0.500. The summed E-state index contributed by atoms with van der Waals surface area (Å²) in [5.41, 5.74) is 1.36. The van der Waals surface area contributed by atoms with Crippen molar-refractivity contribution in [1.82, 2.24) is 9.13 Å². The molecular formula is C22H30N4O3. The SMILES string of the molecule is CCn1c(N2CCCC(C(=O)Nc3ccc(C(C)C)cc3)C2)cc(=O)n(C)c1=O. The van der Waals surface area contributed by atoms with Gasteiger partial charge < -0.3 is 10.2 Å². The van der Waals surface area contributed by atoms with E-state index in [0.717, 1.165) is 29.6 Å². The maximum atomic E-state index is 12.8. The van der Waals surface area contributed by atoms with Crippen LogP contribution in [0.3, 0.4) is 0 Å². The van der Waals surface area contributed by atoms with Gasteiger partial charge >= 0.3 is 5.69 Å². The van der Waals surface area contributed by atoms with Crippen molar-refractivity contribution in [3.63, 3.8) is 0 Å². The van der Waals surface area contributed by atoms with Crippen molar-refractivity contribution >= 4 is 17.4 Å². The fourth-order valence-corrected chi connectivity index (χ4v) is 3.81. The van der Waals surface area contributed by atoms with E-state index in [9.17, 15) is 14.4 Å². The average Bonchev–Trinajstić information content (AvgIpc) is 2.72. The number of amides is 1. The highest BCUT2D eigenvalue weighted by Crippen LogP contribution is 2.24. The smallest absolute Gasteiger partial charge is 0.332 e. The second-order valence-corrected chi connectivity index (χ2v) is 7.98. The zero-order valence-corrected chi connectivity index (χ0v) is 17.6. The van der Waals surface area contributed by atoms with Crippen LogP contribution in [0.25, 0.3) is 0 Å². The third-order valence-corrected chi connectivity index (χ3v) is 5.65. The van der Waals surface area contributed by atoms with Crippen LogP contribution in [0.2, 0.25) is 0 Å². The van der Waals surface area contributed by atoms with Crippen molar-refractivity contribution in [3.05, 3.63) is 56.7 Å². The molecule has 0 saturated carbocycles. The molecule has 2 heterocycles. The number of anilines is 2. The maximum absolute atomic E-state index is 12.8. The largest absolute Gasteiger partial charge is 0.357 e. The minimum atomic E-state index is -0.327. The summed E-state index contributed by atoms with van der Waals surface area (Å²) >= 11 is 0. The number of hydrogen-bond acceptors (Lipinski definition) is 4. The summed E-state index contributed by atoms with van der Waals surface area (Å²) in [7, 11) is 1.48. The van der Waals surface area contributed by atoms with Gasteiger partial charge in [0.25, 0.3) is 5.56 Å². The molecule has 7 heteroatoms. The van der Waals surface area contributed by atoms with E-state index in [1.54, 1.807) is 4.57 Å². The van der Waals surface area contributed by atoms with E-state index in [0.29, 0.717) is 24.8 Å². The van der Waals surface area contributed by atoms with Gasteiger partial charge in [0.15, 0.2) is 0 Å². The minimum Gasteiger partial charge on any atom is -0.357 e. The molecule has 0 spiro atoms. The van der Waals surface area contributed by atoms with Gasteiger partial charge in [-0.2, -0.15) is 0 Å². The van der Waals surface area contributed by atoms with Gasteiger partial charge in [-0.15, -0.1) is 0 Å². The Bertz CT molecular complexity index is 989. The molecule has 29 heavy (non-hydrogen) atoms. The van der Waals surface area contributed by atoms with Crippen LogP contribution in [-0.2, 0) is 18.4 Å². The first-order valence-corrected chi connectivity index (χ1v) is 10.3. The predicted molar refractivity (Wildman–Crippen MR) is 116 cm³/mol. The van der Waals surface area contributed by atoms with Crippen molar-refractivity contribution in [2.24, 2.45) is 13.0 Å². The zero-order valence-electron chi connectivity index (χ0n) is 17.6. The topological polar surface area (TPSA) is 76.3 Å². The molecule has 0 bridgehead atoms. The number of piperidine rings is 1. The molecular weight excluding hydrogens is 368 g/mol. The first-order chi connectivity index (χ1) is 13.8. The van der Waals surface area contributed by atoms with Crippen LogP contribution >= 0.6 is 0 Å². The maximum Gasteiger partial charge on any atom is 0.332 e. The molecule has 1 aliphatic rings. The quantitative estimate of drug-likeness (QED) is 0.840. The third-order valence-electron chi connectivity index (χ3n) is 5.65. The number of rotatable bonds is 5. The van der Waals surface area contributed by atoms with E-state index >= 15 is 0 Å². The third kappa shape index (κ3) is 4.44. The van der Waals surface area contributed by atoms with Gasteiger partial charge in [-0.05, 0) is 43.4 Å². The molecule has 1 aromatic carbocycles.